The summed E-state index contributed by atoms with van der Waals surface area (Å²) in [6.45, 7) is 0. The lowest BCUT2D eigenvalue weighted by atomic mass is 10.00. The van der Waals surface area contributed by atoms with E-state index in [1.165, 1.54) is 6.07 Å². The second kappa shape index (κ2) is 4.38. The monoisotopic (exact) mass is 278 g/mol. The topological polar surface area (TPSA) is 76.0 Å². The fourth-order valence-electron chi connectivity index (χ4n) is 2.09. The van der Waals surface area contributed by atoms with E-state index in [1.807, 2.05) is 24.3 Å². The first-order valence-corrected chi connectivity index (χ1v) is 7.19. The number of hydrogen-bond donors (Lipinski definition) is 2. The summed E-state index contributed by atoms with van der Waals surface area (Å²) in [5.74, 6) is 1.47. The van der Waals surface area contributed by atoms with Gasteiger partial charge in [0, 0.05) is 12.0 Å². The van der Waals surface area contributed by atoms with Crippen molar-refractivity contribution in [2.75, 3.05) is 0 Å². The Kier molecular flexibility index (Phi) is 2.82. The maximum Gasteiger partial charge on any atom is 0.524 e. The molecule has 0 atom stereocenters. The Morgan fingerprint density at radius 2 is 1.79 bits per heavy atom. The highest BCUT2D eigenvalue weighted by Gasteiger charge is 2.24. The van der Waals surface area contributed by atoms with Gasteiger partial charge in [0.15, 0.2) is 0 Å². The Morgan fingerprint density at radius 1 is 1.05 bits per heavy atom. The molecule has 1 aliphatic heterocycles. The zero-order valence-electron chi connectivity index (χ0n) is 9.81. The summed E-state index contributed by atoms with van der Waals surface area (Å²) in [5.41, 5.74) is 1.60. The molecule has 98 valence electrons. The van der Waals surface area contributed by atoms with Crippen LogP contribution in [-0.2, 0) is 11.0 Å². The maximum absolute atomic E-state index is 11.0. The third kappa shape index (κ3) is 2.49. The van der Waals surface area contributed by atoms with Gasteiger partial charge < -0.3 is 9.26 Å². The minimum absolute atomic E-state index is 0.153. The molecule has 0 bridgehead atoms. The van der Waals surface area contributed by atoms with Crippen molar-refractivity contribution in [1.29, 1.82) is 0 Å². The van der Waals surface area contributed by atoms with E-state index >= 15 is 0 Å². The molecule has 6 heteroatoms. The van der Waals surface area contributed by atoms with Crippen LogP contribution >= 0.6 is 7.82 Å². The highest BCUT2D eigenvalue weighted by molar-refractivity contribution is 7.46. The summed E-state index contributed by atoms with van der Waals surface area (Å²) >= 11 is 0. The van der Waals surface area contributed by atoms with Crippen LogP contribution in [0, 0.1) is 0 Å². The molecule has 2 N–H and O–H groups in total. The van der Waals surface area contributed by atoms with Crippen molar-refractivity contribution in [3.05, 3.63) is 53.6 Å². The smallest absolute Gasteiger partial charge is 0.457 e. The average Bonchev–Trinajstić information content (AvgIpc) is 2.35. The van der Waals surface area contributed by atoms with Gasteiger partial charge in [0.25, 0.3) is 0 Å². The SMILES string of the molecule is O=P(O)(O)Oc1cccc2c1Cc1ccccc1O2. The number of ether oxygens (including phenoxy) is 1. The molecule has 0 aliphatic carbocycles. The first-order valence-electron chi connectivity index (χ1n) is 5.66. The summed E-state index contributed by atoms with van der Waals surface area (Å²) in [6, 6.07) is 12.4. The van der Waals surface area contributed by atoms with Gasteiger partial charge >= 0.3 is 7.82 Å². The van der Waals surface area contributed by atoms with E-state index in [2.05, 4.69) is 0 Å². The standard InChI is InChI=1S/C13H11O5P/c14-19(15,16)18-13-7-3-6-12-10(13)8-9-4-1-2-5-11(9)17-12/h1-7H,8H2,(H2,14,15,16). The number of hydrogen-bond acceptors (Lipinski definition) is 3. The van der Waals surface area contributed by atoms with Crippen LogP contribution in [0.25, 0.3) is 0 Å². The molecule has 0 amide bonds. The van der Waals surface area contributed by atoms with Gasteiger partial charge in [-0.15, -0.1) is 0 Å². The molecule has 0 aromatic heterocycles. The van der Waals surface area contributed by atoms with Crippen LogP contribution < -0.4 is 9.26 Å². The van der Waals surface area contributed by atoms with Gasteiger partial charge in [-0.05, 0) is 23.8 Å². The predicted octanol–water partition coefficient (Wildman–Crippen LogP) is 2.85. The van der Waals surface area contributed by atoms with Crippen LogP contribution in [0.5, 0.6) is 17.2 Å². The van der Waals surface area contributed by atoms with Crippen LogP contribution in [0.1, 0.15) is 11.1 Å². The third-order valence-corrected chi connectivity index (χ3v) is 3.30. The molecule has 5 nitrogen and oxygen atoms in total. The van der Waals surface area contributed by atoms with E-state index in [0.29, 0.717) is 17.7 Å². The van der Waals surface area contributed by atoms with E-state index in [1.54, 1.807) is 12.1 Å². The Labute approximate surface area is 109 Å². The summed E-state index contributed by atoms with van der Waals surface area (Å²) in [5, 5.41) is 0. The molecule has 1 aliphatic rings. The molecular weight excluding hydrogens is 267 g/mol. The highest BCUT2D eigenvalue weighted by atomic mass is 31.2. The quantitative estimate of drug-likeness (QED) is 0.705. The van der Waals surface area contributed by atoms with E-state index in [9.17, 15) is 4.57 Å². The Hall–Kier alpha value is -1.81. The normalized spacial score (nSPS) is 13.2. The first-order chi connectivity index (χ1) is 9.03. The number of fused-ring (bicyclic) bond motifs is 2. The van der Waals surface area contributed by atoms with Crippen molar-refractivity contribution in [2.45, 2.75) is 6.42 Å². The van der Waals surface area contributed by atoms with Gasteiger partial charge in [-0.1, -0.05) is 24.3 Å². The van der Waals surface area contributed by atoms with Gasteiger partial charge in [-0.25, -0.2) is 4.57 Å². The summed E-state index contributed by atoms with van der Waals surface area (Å²) < 4.78 is 21.4. The molecule has 2 aromatic rings. The summed E-state index contributed by atoms with van der Waals surface area (Å²) in [4.78, 5) is 17.8. The van der Waals surface area contributed by atoms with Crippen LogP contribution in [-0.4, -0.2) is 9.79 Å². The molecule has 0 saturated carbocycles. The molecule has 0 fully saturated rings. The fraction of sp³-hybridized carbons (Fsp3) is 0.0769. The van der Waals surface area contributed by atoms with Crippen LogP contribution in [0.4, 0.5) is 0 Å². The molecule has 0 saturated heterocycles. The van der Waals surface area contributed by atoms with E-state index in [4.69, 9.17) is 19.0 Å². The van der Waals surface area contributed by atoms with Crippen molar-refractivity contribution in [1.82, 2.24) is 0 Å². The molecule has 1 heterocycles. The Bertz CT molecular complexity index is 676. The number of benzene rings is 2. The molecule has 0 unspecified atom stereocenters. The van der Waals surface area contributed by atoms with Gasteiger partial charge in [-0.3, -0.25) is 9.79 Å². The number of phosphoric acid groups is 1. The second-order valence-corrected chi connectivity index (χ2v) is 5.36. The number of para-hydroxylation sites is 1. The molecule has 0 spiro atoms. The van der Waals surface area contributed by atoms with Gasteiger partial charge in [-0.2, -0.15) is 0 Å². The molecule has 0 radical (unpaired) electrons. The van der Waals surface area contributed by atoms with Gasteiger partial charge in [0.1, 0.15) is 17.2 Å². The highest BCUT2D eigenvalue weighted by Crippen LogP contribution is 2.45. The zero-order chi connectivity index (χ0) is 13.5. The summed E-state index contributed by atoms with van der Waals surface area (Å²) in [7, 11) is -4.57. The molecule has 19 heavy (non-hydrogen) atoms. The lowest BCUT2D eigenvalue weighted by molar-refractivity contribution is 0.281. The predicted molar refractivity (Wildman–Crippen MR) is 68.4 cm³/mol. The van der Waals surface area contributed by atoms with Crippen LogP contribution in [0.3, 0.4) is 0 Å². The number of phosphoric ester groups is 1. The maximum atomic E-state index is 11.0. The van der Waals surface area contributed by atoms with Gasteiger partial charge in [0.2, 0.25) is 0 Å². The largest absolute Gasteiger partial charge is 0.524 e. The van der Waals surface area contributed by atoms with Crippen molar-refractivity contribution < 1.29 is 23.6 Å². The van der Waals surface area contributed by atoms with Crippen LogP contribution in [0.15, 0.2) is 42.5 Å². The fourth-order valence-corrected chi connectivity index (χ4v) is 2.51. The average molecular weight is 278 g/mol. The lowest BCUT2D eigenvalue weighted by Gasteiger charge is -2.22. The van der Waals surface area contributed by atoms with Crippen molar-refractivity contribution in [2.24, 2.45) is 0 Å². The molecule has 3 rings (SSSR count). The minimum Gasteiger partial charge on any atom is -0.457 e. The Morgan fingerprint density at radius 3 is 2.58 bits per heavy atom. The van der Waals surface area contributed by atoms with Gasteiger partial charge in [0.05, 0.1) is 0 Å². The lowest BCUT2D eigenvalue weighted by Crippen LogP contribution is -2.05. The number of rotatable bonds is 2. The molecular formula is C13H11O5P. The molecule has 2 aromatic carbocycles. The minimum atomic E-state index is -4.57. The third-order valence-electron chi connectivity index (χ3n) is 2.87. The van der Waals surface area contributed by atoms with Crippen molar-refractivity contribution in [3.63, 3.8) is 0 Å². The van der Waals surface area contributed by atoms with E-state index in [0.717, 1.165) is 11.3 Å². The zero-order valence-corrected chi connectivity index (χ0v) is 10.7. The van der Waals surface area contributed by atoms with Crippen molar-refractivity contribution in [3.8, 4) is 17.2 Å². The van der Waals surface area contributed by atoms with E-state index in [-0.39, 0.29) is 5.75 Å². The first kappa shape index (κ1) is 12.2. The second-order valence-electron chi connectivity index (χ2n) is 4.20. The van der Waals surface area contributed by atoms with E-state index < -0.39 is 7.82 Å². The van der Waals surface area contributed by atoms with Crippen molar-refractivity contribution >= 4 is 7.82 Å². The summed E-state index contributed by atoms with van der Waals surface area (Å²) in [6.07, 6.45) is 0.516. The van der Waals surface area contributed by atoms with Crippen LogP contribution in [0.2, 0.25) is 0 Å². The Balaban J connectivity index is 2.04.